The molecule has 2 nitrogen and oxygen atoms in total. The van der Waals surface area contributed by atoms with Gasteiger partial charge in [0.15, 0.2) is 0 Å². The number of hydrogen-bond donors (Lipinski definition) is 1. The Morgan fingerprint density at radius 1 is 1.32 bits per heavy atom. The molecule has 0 spiro atoms. The zero-order valence-electron chi connectivity index (χ0n) is 11.0. The molecule has 0 radical (unpaired) electrons. The van der Waals surface area contributed by atoms with Crippen molar-refractivity contribution in [3.63, 3.8) is 0 Å². The summed E-state index contributed by atoms with van der Waals surface area (Å²) in [5.74, 6) is 0. The first kappa shape index (κ1) is 14.7. The molecule has 1 aromatic carbocycles. The Balaban J connectivity index is 2.22. The molecular formula is C14H19ClF2N2. The van der Waals surface area contributed by atoms with E-state index in [1.54, 1.807) is 0 Å². The number of nitrogens with zero attached hydrogens (tertiary/aromatic N) is 1. The number of alkyl halides is 2. The third kappa shape index (κ3) is 3.88. The Morgan fingerprint density at radius 2 is 2.00 bits per heavy atom. The second-order valence-corrected chi connectivity index (χ2v) is 5.34. The molecule has 5 heteroatoms. The van der Waals surface area contributed by atoms with Crippen LogP contribution in [0.4, 0.5) is 8.78 Å². The van der Waals surface area contributed by atoms with Gasteiger partial charge in [-0.3, -0.25) is 4.90 Å². The molecular weight excluding hydrogens is 270 g/mol. The summed E-state index contributed by atoms with van der Waals surface area (Å²) in [6.07, 6.45) is -2.45. The maximum Gasteiger partial charge on any atom is 0.240 e. The SMILES string of the molecule is Cc1ccc([C@@H](CC(F)F)N2CCNCC2)cc1Cl. The van der Waals surface area contributed by atoms with Gasteiger partial charge in [-0.1, -0.05) is 23.7 Å². The lowest BCUT2D eigenvalue weighted by atomic mass is 10.00. The summed E-state index contributed by atoms with van der Waals surface area (Å²) in [4.78, 5) is 2.11. The van der Waals surface area contributed by atoms with Crippen LogP contribution in [0.5, 0.6) is 0 Å². The highest BCUT2D eigenvalue weighted by atomic mass is 35.5. The highest BCUT2D eigenvalue weighted by Gasteiger charge is 2.25. The van der Waals surface area contributed by atoms with Crippen LogP contribution in [-0.2, 0) is 0 Å². The average molecular weight is 289 g/mol. The maximum absolute atomic E-state index is 12.8. The van der Waals surface area contributed by atoms with Crippen LogP contribution >= 0.6 is 11.6 Å². The molecule has 1 N–H and O–H groups in total. The quantitative estimate of drug-likeness (QED) is 0.915. The predicted octanol–water partition coefficient (Wildman–Crippen LogP) is 3.25. The molecule has 1 aliphatic heterocycles. The van der Waals surface area contributed by atoms with Gasteiger partial charge in [-0.2, -0.15) is 0 Å². The van der Waals surface area contributed by atoms with Crippen LogP contribution in [0.3, 0.4) is 0 Å². The number of nitrogens with one attached hydrogen (secondary N) is 1. The molecule has 0 aromatic heterocycles. The van der Waals surface area contributed by atoms with Gasteiger partial charge in [0, 0.05) is 43.7 Å². The zero-order chi connectivity index (χ0) is 13.8. The highest BCUT2D eigenvalue weighted by molar-refractivity contribution is 6.31. The van der Waals surface area contributed by atoms with E-state index < -0.39 is 6.43 Å². The van der Waals surface area contributed by atoms with Crippen LogP contribution in [0.25, 0.3) is 0 Å². The van der Waals surface area contributed by atoms with E-state index in [4.69, 9.17) is 11.6 Å². The van der Waals surface area contributed by atoms with Gasteiger partial charge in [-0.25, -0.2) is 8.78 Å². The van der Waals surface area contributed by atoms with Gasteiger partial charge in [0.05, 0.1) is 0 Å². The first-order valence-electron chi connectivity index (χ1n) is 6.57. The number of halogens is 3. The van der Waals surface area contributed by atoms with Gasteiger partial charge >= 0.3 is 0 Å². The molecule has 0 saturated carbocycles. The summed E-state index contributed by atoms with van der Waals surface area (Å²) in [5, 5.41) is 3.88. The predicted molar refractivity (Wildman–Crippen MR) is 74.0 cm³/mol. The lowest BCUT2D eigenvalue weighted by molar-refractivity contribution is 0.0739. The molecule has 1 fully saturated rings. The zero-order valence-corrected chi connectivity index (χ0v) is 11.8. The van der Waals surface area contributed by atoms with Crippen molar-refractivity contribution >= 4 is 11.6 Å². The molecule has 1 saturated heterocycles. The van der Waals surface area contributed by atoms with Gasteiger partial charge < -0.3 is 5.32 Å². The van der Waals surface area contributed by atoms with Crippen LogP contribution in [0.15, 0.2) is 18.2 Å². The van der Waals surface area contributed by atoms with Crippen molar-refractivity contribution in [3.8, 4) is 0 Å². The smallest absolute Gasteiger partial charge is 0.240 e. The maximum atomic E-state index is 12.8. The Labute approximate surface area is 117 Å². The summed E-state index contributed by atoms with van der Waals surface area (Å²) in [5.41, 5.74) is 1.86. The summed E-state index contributed by atoms with van der Waals surface area (Å²) < 4.78 is 25.7. The lowest BCUT2D eigenvalue weighted by Gasteiger charge is -2.35. The Bertz CT molecular complexity index is 420. The van der Waals surface area contributed by atoms with E-state index in [9.17, 15) is 8.78 Å². The van der Waals surface area contributed by atoms with E-state index >= 15 is 0 Å². The average Bonchev–Trinajstić information content (AvgIpc) is 2.40. The fourth-order valence-electron chi connectivity index (χ4n) is 2.47. The number of hydrogen-bond acceptors (Lipinski definition) is 2. The second kappa shape index (κ2) is 6.64. The molecule has 19 heavy (non-hydrogen) atoms. The minimum Gasteiger partial charge on any atom is -0.314 e. The van der Waals surface area contributed by atoms with Crippen molar-refractivity contribution in [1.29, 1.82) is 0 Å². The molecule has 0 unspecified atom stereocenters. The fraction of sp³-hybridized carbons (Fsp3) is 0.571. The van der Waals surface area contributed by atoms with E-state index in [0.717, 1.165) is 37.3 Å². The van der Waals surface area contributed by atoms with Gasteiger partial charge in [-0.05, 0) is 24.1 Å². The van der Waals surface area contributed by atoms with Crippen molar-refractivity contribution in [2.24, 2.45) is 0 Å². The summed E-state index contributed by atoms with van der Waals surface area (Å²) >= 11 is 6.12. The summed E-state index contributed by atoms with van der Waals surface area (Å²) in [6.45, 7) is 5.20. The summed E-state index contributed by atoms with van der Waals surface area (Å²) in [7, 11) is 0. The largest absolute Gasteiger partial charge is 0.314 e. The number of rotatable bonds is 4. The van der Waals surface area contributed by atoms with Crippen molar-refractivity contribution in [1.82, 2.24) is 10.2 Å². The minimum atomic E-state index is -2.31. The number of benzene rings is 1. The molecule has 1 aliphatic rings. The third-order valence-electron chi connectivity index (χ3n) is 3.57. The van der Waals surface area contributed by atoms with E-state index in [-0.39, 0.29) is 12.5 Å². The van der Waals surface area contributed by atoms with Gasteiger partial charge in [0.25, 0.3) is 0 Å². The molecule has 0 bridgehead atoms. The third-order valence-corrected chi connectivity index (χ3v) is 3.98. The van der Waals surface area contributed by atoms with E-state index in [2.05, 4.69) is 10.2 Å². The van der Waals surface area contributed by atoms with Crippen molar-refractivity contribution in [2.45, 2.75) is 25.8 Å². The first-order chi connectivity index (χ1) is 9.08. The normalized spacial score (nSPS) is 18.8. The van der Waals surface area contributed by atoms with Gasteiger partial charge in [-0.15, -0.1) is 0 Å². The fourth-order valence-corrected chi connectivity index (χ4v) is 2.66. The van der Waals surface area contributed by atoms with Crippen LogP contribution < -0.4 is 5.32 Å². The standard InChI is InChI=1S/C14H19ClF2N2/c1-10-2-3-11(8-12(10)15)13(9-14(16)17)19-6-4-18-5-7-19/h2-3,8,13-14,18H,4-7,9H2,1H3/t13-/m1/s1. The molecule has 1 aromatic rings. The first-order valence-corrected chi connectivity index (χ1v) is 6.94. The van der Waals surface area contributed by atoms with Gasteiger partial charge in [0.1, 0.15) is 0 Å². The monoisotopic (exact) mass is 288 g/mol. The van der Waals surface area contributed by atoms with Crippen LogP contribution in [0.2, 0.25) is 5.02 Å². The van der Waals surface area contributed by atoms with Crippen molar-refractivity contribution in [3.05, 3.63) is 34.3 Å². The highest BCUT2D eigenvalue weighted by Crippen LogP contribution is 2.30. The van der Waals surface area contributed by atoms with Crippen LogP contribution in [-0.4, -0.2) is 37.5 Å². The molecule has 1 atom stereocenters. The minimum absolute atomic E-state index is 0.139. The Morgan fingerprint density at radius 3 is 2.58 bits per heavy atom. The van der Waals surface area contributed by atoms with Crippen molar-refractivity contribution < 1.29 is 8.78 Å². The Kier molecular flexibility index (Phi) is 5.13. The molecule has 1 heterocycles. The second-order valence-electron chi connectivity index (χ2n) is 4.94. The topological polar surface area (TPSA) is 15.3 Å². The number of piperazine rings is 1. The lowest BCUT2D eigenvalue weighted by Crippen LogP contribution is -2.45. The van der Waals surface area contributed by atoms with Gasteiger partial charge in [0.2, 0.25) is 6.43 Å². The Hall–Kier alpha value is -0.710. The van der Waals surface area contributed by atoms with E-state index in [1.807, 2.05) is 25.1 Å². The molecule has 0 aliphatic carbocycles. The summed E-state index contributed by atoms with van der Waals surface area (Å²) in [6, 6.07) is 5.39. The van der Waals surface area contributed by atoms with E-state index in [1.165, 1.54) is 0 Å². The molecule has 106 valence electrons. The van der Waals surface area contributed by atoms with Crippen LogP contribution in [0.1, 0.15) is 23.6 Å². The number of aryl methyl sites for hydroxylation is 1. The molecule has 2 rings (SSSR count). The molecule has 0 amide bonds. The van der Waals surface area contributed by atoms with E-state index in [0.29, 0.717) is 5.02 Å². The van der Waals surface area contributed by atoms with Crippen molar-refractivity contribution in [2.75, 3.05) is 26.2 Å². The van der Waals surface area contributed by atoms with Crippen LogP contribution in [0, 0.1) is 6.92 Å².